The van der Waals surface area contributed by atoms with Gasteiger partial charge in [0.1, 0.15) is 6.61 Å². The lowest BCUT2D eigenvalue weighted by Crippen LogP contribution is -2.58. The van der Waals surface area contributed by atoms with Crippen molar-refractivity contribution in [1.82, 2.24) is 9.29 Å². The predicted octanol–water partition coefficient (Wildman–Crippen LogP) is 1.89. The fraction of sp³-hybridized carbons (Fsp3) is 0.455. The van der Waals surface area contributed by atoms with E-state index in [9.17, 15) is 13.2 Å². The molecule has 0 bridgehead atoms. The third-order valence-electron chi connectivity index (χ3n) is 6.55. The number of aryl methyl sites for hydroxylation is 1. The number of rotatable bonds is 3. The van der Waals surface area contributed by atoms with E-state index in [0.29, 0.717) is 32.7 Å². The fourth-order valence-electron chi connectivity index (χ4n) is 4.73. The Morgan fingerprint density at radius 3 is 2.81 bits per heavy atom. The van der Waals surface area contributed by atoms with E-state index >= 15 is 0 Å². The van der Waals surface area contributed by atoms with Crippen LogP contribution in [0.15, 0.2) is 30.6 Å². The number of anilines is 2. The highest BCUT2D eigenvalue weighted by molar-refractivity contribution is 7.89. The van der Waals surface area contributed by atoms with Gasteiger partial charge in [0.15, 0.2) is 5.75 Å². The second-order valence-electron chi connectivity index (χ2n) is 8.25. The first kappa shape index (κ1) is 20.3. The number of piperazine rings is 1. The number of hydrogen-bond acceptors (Lipinski definition) is 6. The molecule has 31 heavy (non-hydrogen) atoms. The van der Waals surface area contributed by atoms with Gasteiger partial charge >= 0.3 is 0 Å². The van der Waals surface area contributed by atoms with Crippen molar-refractivity contribution in [1.29, 1.82) is 0 Å². The van der Waals surface area contributed by atoms with Crippen LogP contribution in [0.25, 0.3) is 11.1 Å². The van der Waals surface area contributed by atoms with Crippen LogP contribution in [0.5, 0.6) is 5.75 Å². The standard InChI is InChI=1S/C22H26N4O4S/c1-3-31(28,29)25-8-9-26-17(13-25)14-30-22-18(11-23-12-20(22)26)15-4-6-19-16(10-15)5-7-21(27)24(19)2/h4,6,10-12,17H,3,5,7-9,13-14H2,1-2H3. The molecule has 1 amide bonds. The van der Waals surface area contributed by atoms with Gasteiger partial charge in [-0.05, 0) is 36.6 Å². The molecule has 0 aliphatic carbocycles. The Hall–Kier alpha value is -2.65. The molecule has 5 rings (SSSR count). The first-order valence-electron chi connectivity index (χ1n) is 10.6. The molecular formula is C22H26N4O4S. The predicted molar refractivity (Wildman–Crippen MR) is 119 cm³/mol. The van der Waals surface area contributed by atoms with E-state index in [4.69, 9.17) is 4.74 Å². The van der Waals surface area contributed by atoms with Crippen LogP contribution in [-0.2, 0) is 21.2 Å². The highest BCUT2D eigenvalue weighted by atomic mass is 32.2. The van der Waals surface area contributed by atoms with Crippen molar-refractivity contribution in [3.8, 4) is 16.9 Å². The number of nitrogens with zero attached hydrogens (tertiary/aromatic N) is 4. The number of ether oxygens (including phenoxy) is 1. The van der Waals surface area contributed by atoms with Crippen molar-refractivity contribution < 1.29 is 17.9 Å². The summed E-state index contributed by atoms with van der Waals surface area (Å²) in [7, 11) is -1.40. The summed E-state index contributed by atoms with van der Waals surface area (Å²) >= 11 is 0. The molecule has 1 unspecified atom stereocenters. The van der Waals surface area contributed by atoms with Gasteiger partial charge in [0.05, 0.1) is 23.7 Å². The average Bonchev–Trinajstić information content (AvgIpc) is 2.80. The minimum Gasteiger partial charge on any atom is -0.488 e. The lowest BCUT2D eigenvalue weighted by Gasteiger charge is -2.45. The highest BCUT2D eigenvalue weighted by Gasteiger charge is 2.37. The van der Waals surface area contributed by atoms with E-state index in [2.05, 4.69) is 16.0 Å². The monoisotopic (exact) mass is 442 g/mol. The summed E-state index contributed by atoms with van der Waals surface area (Å²) in [5.41, 5.74) is 4.93. The smallest absolute Gasteiger partial charge is 0.227 e. The fourth-order valence-corrected chi connectivity index (χ4v) is 5.85. The summed E-state index contributed by atoms with van der Waals surface area (Å²) in [4.78, 5) is 20.4. The first-order valence-corrected chi connectivity index (χ1v) is 12.2. The molecule has 1 aromatic carbocycles. The number of carbonyl (C=O) groups is 1. The zero-order valence-electron chi connectivity index (χ0n) is 17.7. The Morgan fingerprint density at radius 2 is 2.00 bits per heavy atom. The summed E-state index contributed by atoms with van der Waals surface area (Å²) < 4.78 is 32.4. The lowest BCUT2D eigenvalue weighted by atomic mass is 9.95. The quantitative estimate of drug-likeness (QED) is 0.722. The number of pyridine rings is 1. The van der Waals surface area contributed by atoms with E-state index in [-0.39, 0.29) is 17.7 Å². The van der Waals surface area contributed by atoms with E-state index in [1.165, 1.54) is 0 Å². The van der Waals surface area contributed by atoms with E-state index in [0.717, 1.165) is 40.2 Å². The molecule has 0 spiro atoms. The molecule has 1 fully saturated rings. The van der Waals surface area contributed by atoms with Gasteiger partial charge in [-0.2, -0.15) is 4.31 Å². The summed E-state index contributed by atoms with van der Waals surface area (Å²) in [6.07, 6.45) is 4.86. The maximum Gasteiger partial charge on any atom is 0.227 e. The van der Waals surface area contributed by atoms with Gasteiger partial charge in [-0.15, -0.1) is 0 Å². The summed E-state index contributed by atoms with van der Waals surface area (Å²) in [5.74, 6) is 1.04. The number of amides is 1. The second-order valence-corrected chi connectivity index (χ2v) is 10.5. The third kappa shape index (κ3) is 3.36. The lowest BCUT2D eigenvalue weighted by molar-refractivity contribution is -0.118. The average molecular weight is 443 g/mol. The van der Waals surface area contributed by atoms with Crippen LogP contribution < -0.4 is 14.5 Å². The van der Waals surface area contributed by atoms with Crippen molar-refractivity contribution in [2.45, 2.75) is 25.8 Å². The molecule has 164 valence electrons. The van der Waals surface area contributed by atoms with Gasteiger partial charge in [-0.1, -0.05) is 6.07 Å². The summed E-state index contributed by atoms with van der Waals surface area (Å²) in [6, 6.07) is 6.09. The van der Waals surface area contributed by atoms with E-state index < -0.39 is 10.0 Å². The number of benzene rings is 1. The van der Waals surface area contributed by atoms with Crippen molar-refractivity contribution in [3.05, 3.63) is 36.2 Å². The Kier molecular flexibility index (Phi) is 4.90. The van der Waals surface area contributed by atoms with Crippen LogP contribution in [-0.4, -0.2) is 68.7 Å². The summed E-state index contributed by atoms with van der Waals surface area (Å²) in [6.45, 7) is 3.62. The van der Waals surface area contributed by atoms with Crippen LogP contribution in [0.2, 0.25) is 0 Å². The molecule has 0 N–H and O–H groups in total. The maximum absolute atomic E-state index is 12.3. The zero-order valence-corrected chi connectivity index (χ0v) is 18.6. The molecule has 1 saturated heterocycles. The third-order valence-corrected chi connectivity index (χ3v) is 8.39. The maximum atomic E-state index is 12.3. The van der Waals surface area contributed by atoms with Crippen molar-refractivity contribution in [2.75, 3.05) is 48.8 Å². The Morgan fingerprint density at radius 1 is 1.16 bits per heavy atom. The van der Waals surface area contributed by atoms with Crippen LogP contribution in [0.4, 0.5) is 11.4 Å². The Labute approximate surface area is 182 Å². The molecule has 2 aromatic rings. The molecule has 1 atom stereocenters. The molecule has 9 heteroatoms. The van der Waals surface area contributed by atoms with Crippen molar-refractivity contribution in [2.24, 2.45) is 0 Å². The van der Waals surface area contributed by atoms with Crippen molar-refractivity contribution >= 4 is 27.3 Å². The van der Waals surface area contributed by atoms with Gasteiger partial charge in [0.2, 0.25) is 15.9 Å². The molecule has 0 radical (unpaired) electrons. The SMILES string of the molecule is CCS(=O)(=O)N1CCN2c3cncc(-c4ccc5c(c4)CCC(=O)N5C)c3OCC2C1. The van der Waals surface area contributed by atoms with Crippen LogP contribution in [0.1, 0.15) is 18.9 Å². The van der Waals surface area contributed by atoms with Gasteiger partial charge in [0.25, 0.3) is 0 Å². The molecule has 8 nitrogen and oxygen atoms in total. The molecule has 0 saturated carbocycles. The van der Waals surface area contributed by atoms with E-state index in [1.807, 2.05) is 25.4 Å². The van der Waals surface area contributed by atoms with Crippen LogP contribution >= 0.6 is 0 Å². The number of aromatic nitrogens is 1. The zero-order chi connectivity index (χ0) is 21.8. The number of hydrogen-bond donors (Lipinski definition) is 0. The molecular weight excluding hydrogens is 416 g/mol. The first-order chi connectivity index (χ1) is 14.9. The molecule has 1 aromatic heterocycles. The Bertz CT molecular complexity index is 1150. The summed E-state index contributed by atoms with van der Waals surface area (Å²) in [5, 5.41) is 0. The normalized spacial score (nSPS) is 21.2. The van der Waals surface area contributed by atoms with Gasteiger partial charge in [-0.3, -0.25) is 9.78 Å². The number of fused-ring (bicyclic) bond motifs is 4. The number of carbonyl (C=O) groups excluding carboxylic acids is 1. The number of sulfonamides is 1. The minimum atomic E-state index is -3.21. The molecule has 4 heterocycles. The van der Waals surface area contributed by atoms with Crippen LogP contribution in [0.3, 0.4) is 0 Å². The van der Waals surface area contributed by atoms with Crippen LogP contribution in [0, 0.1) is 0 Å². The highest BCUT2D eigenvalue weighted by Crippen LogP contribution is 2.43. The largest absolute Gasteiger partial charge is 0.488 e. The van der Waals surface area contributed by atoms with Gasteiger partial charge < -0.3 is 14.5 Å². The Balaban J connectivity index is 1.47. The molecule has 3 aliphatic rings. The van der Waals surface area contributed by atoms with Gasteiger partial charge in [0, 0.05) is 50.6 Å². The van der Waals surface area contributed by atoms with Gasteiger partial charge in [-0.25, -0.2) is 8.42 Å². The second kappa shape index (κ2) is 7.49. The van der Waals surface area contributed by atoms with E-state index in [1.54, 1.807) is 22.3 Å². The van der Waals surface area contributed by atoms with Crippen molar-refractivity contribution in [3.63, 3.8) is 0 Å². The minimum absolute atomic E-state index is 0.0252. The topological polar surface area (TPSA) is 83.1 Å². The molecule has 3 aliphatic heterocycles.